The van der Waals surface area contributed by atoms with Crippen LogP contribution in [0.15, 0.2) is 30.3 Å². The Labute approximate surface area is 168 Å². The Kier molecular flexibility index (Phi) is 7.32. The third kappa shape index (κ3) is 6.24. The van der Waals surface area contributed by atoms with Crippen LogP contribution < -0.4 is 0 Å². The first-order chi connectivity index (χ1) is 12.8. The Balaban J connectivity index is 1.91. The summed E-state index contributed by atoms with van der Waals surface area (Å²) in [6.45, 7) is 22.6. The zero-order valence-electron chi connectivity index (χ0n) is 18.1. The van der Waals surface area contributed by atoms with E-state index in [9.17, 15) is 0 Å². The maximum atomic E-state index is 2.83. The van der Waals surface area contributed by atoms with Crippen LogP contribution >= 0.6 is 8.37 Å². The molecule has 3 aliphatic rings. The van der Waals surface area contributed by atoms with Crippen molar-refractivity contribution in [1.82, 2.24) is 18.9 Å². The van der Waals surface area contributed by atoms with Crippen LogP contribution in [0.25, 0.3) is 0 Å². The summed E-state index contributed by atoms with van der Waals surface area (Å²) in [4.78, 5) is 2.69. The van der Waals surface area contributed by atoms with E-state index < -0.39 is 8.37 Å². The SMILES string of the molecule is CC(C)CN1CCN2CCN(Cc3ccccc3)P1N(CC(C)(C)C)CC2. The van der Waals surface area contributed by atoms with Crippen LogP contribution in [0.3, 0.4) is 0 Å². The monoisotopic (exact) mass is 390 g/mol. The van der Waals surface area contributed by atoms with Gasteiger partial charge in [-0.2, -0.15) is 0 Å². The molecule has 5 heteroatoms. The average Bonchev–Trinajstić information content (AvgIpc) is 2.55. The molecule has 27 heavy (non-hydrogen) atoms. The molecule has 1 aromatic carbocycles. The van der Waals surface area contributed by atoms with Gasteiger partial charge in [-0.1, -0.05) is 65.0 Å². The second kappa shape index (κ2) is 9.33. The lowest BCUT2D eigenvalue weighted by atomic mass is 9.97. The Morgan fingerprint density at radius 3 is 2.04 bits per heavy atom. The first kappa shape index (κ1) is 21.2. The molecule has 3 heterocycles. The predicted molar refractivity (Wildman–Crippen MR) is 118 cm³/mol. The zero-order chi connectivity index (χ0) is 19.4. The van der Waals surface area contributed by atoms with Crippen LogP contribution in [0.2, 0.25) is 0 Å². The first-order valence-electron chi connectivity index (χ1n) is 10.6. The van der Waals surface area contributed by atoms with Gasteiger partial charge < -0.3 is 0 Å². The molecule has 3 aliphatic heterocycles. The molecule has 0 saturated carbocycles. The van der Waals surface area contributed by atoms with E-state index in [-0.39, 0.29) is 0 Å². The molecule has 4 nitrogen and oxygen atoms in total. The number of hydrogen-bond donors (Lipinski definition) is 0. The van der Waals surface area contributed by atoms with Gasteiger partial charge in [-0.15, -0.1) is 0 Å². The summed E-state index contributed by atoms with van der Waals surface area (Å²) in [5.41, 5.74) is 1.77. The molecular weight excluding hydrogens is 351 g/mol. The highest BCUT2D eigenvalue weighted by Crippen LogP contribution is 2.51. The largest absolute Gasteiger partial charge is 0.299 e. The Hall–Kier alpha value is -0.510. The van der Waals surface area contributed by atoms with Gasteiger partial charge in [-0.25, -0.2) is 0 Å². The van der Waals surface area contributed by atoms with Gasteiger partial charge in [-0.05, 0) is 16.9 Å². The van der Waals surface area contributed by atoms with Gasteiger partial charge >= 0.3 is 0 Å². The van der Waals surface area contributed by atoms with Crippen LogP contribution in [-0.4, -0.2) is 71.3 Å². The molecule has 0 aromatic heterocycles. The van der Waals surface area contributed by atoms with E-state index in [0.29, 0.717) is 11.3 Å². The van der Waals surface area contributed by atoms with E-state index in [2.05, 4.69) is 83.9 Å². The van der Waals surface area contributed by atoms with E-state index in [1.807, 2.05) is 0 Å². The van der Waals surface area contributed by atoms with Gasteiger partial charge in [0.25, 0.3) is 0 Å². The molecule has 0 N–H and O–H groups in total. The molecule has 1 aromatic rings. The fourth-order valence-electron chi connectivity index (χ4n) is 4.12. The minimum atomic E-state index is -0.415. The fraction of sp³-hybridized carbons (Fsp3) is 0.727. The lowest BCUT2D eigenvalue weighted by molar-refractivity contribution is 0.144. The summed E-state index contributed by atoms with van der Waals surface area (Å²) in [5.74, 6) is 0.706. The van der Waals surface area contributed by atoms with Crippen LogP contribution in [-0.2, 0) is 6.54 Å². The van der Waals surface area contributed by atoms with Gasteiger partial charge in [0.15, 0.2) is 0 Å². The summed E-state index contributed by atoms with van der Waals surface area (Å²) in [7, 11) is -0.415. The summed E-state index contributed by atoms with van der Waals surface area (Å²) >= 11 is 0. The molecule has 0 amide bonds. The Morgan fingerprint density at radius 1 is 0.852 bits per heavy atom. The van der Waals surface area contributed by atoms with Gasteiger partial charge in [0.1, 0.15) is 8.37 Å². The normalized spacial score (nSPS) is 26.1. The van der Waals surface area contributed by atoms with E-state index in [0.717, 1.165) is 6.54 Å². The molecular formula is C22H39N4P. The van der Waals surface area contributed by atoms with Gasteiger partial charge in [-0.3, -0.25) is 18.9 Å². The molecule has 3 saturated heterocycles. The highest BCUT2D eigenvalue weighted by Gasteiger charge is 2.37. The Bertz CT molecular complexity index is 571. The summed E-state index contributed by atoms with van der Waals surface area (Å²) < 4.78 is 8.44. The van der Waals surface area contributed by atoms with Crippen LogP contribution in [0, 0.1) is 11.3 Å². The predicted octanol–water partition coefficient (Wildman–Crippen LogP) is 4.35. The molecule has 0 spiro atoms. The van der Waals surface area contributed by atoms with Crippen molar-refractivity contribution in [2.45, 2.75) is 41.2 Å². The molecule has 2 bridgehead atoms. The maximum Gasteiger partial charge on any atom is 0.120 e. The van der Waals surface area contributed by atoms with E-state index in [1.165, 1.54) is 57.9 Å². The van der Waals surface area contributed by atoms with Crippen molar-refractivity contribution < 1.29 is 0 Å². The second-order valence-electron chi connectivity index (χ2n) is 9.74. The molecule has 2 atom stereocenters. The van der Waals surface area contributed by atoms with Gasteiger partial charge in [0, 0.05) is 58.9 Å². The van der Waals surface area contributed by atoms with Crippen molar-refractivity contribution in [3.63, 3.8) is 0 Å². The minimum Gasteiger partial charge on any atom is -0.299 e. The van der Waals surface area contributed by atoms with Crippen LogP contribution in [0.1, 0.15) is 40.2 Å². The summed E-state index contributed by atoms with van der Waals surface area (Å²) in [6, 6.07) is 11.1. The number of rotatable bonds is 5. The Morgan fingerprint density at radius 2 is 1.44 bits per heavy atom. The standard InChI is InChI=1S/C22H39N4P/c1-20(2)17-24-14-11-23-12-15-25(18-21-9-7-6-8-10-21)27(24)26(16-13-23)19-22(3,4)5/h6-10,20H,11-19H2,1-5H3. The number of fused-ring (bicyclic) bond motifs is 6. The summed E-state index contributed by atoms with van der Waals surface area (Å²) in [5, 5.41) is 0. The highest BCUT2D eigenvalue weighted by molar-refractivity contribution is 7.50. The van der Waals surface area contributed by atoms with Crippen molar-refractivity contribution in [1.29, 1.82) is 0 Å². The third-order valence-corrected chi connectivity index (χ3v) is 7.79. The van der Waals surface area contributed by atoms with Crippen molar-refractivity contribution >= 4 is 8.37 Å². The first-order valence-corrected chi connectivity index (χ1v) is 11.8. The van der Waals surface area contributed by atoms with Crippen LogP contribution in [0.4, 0.5) is 0 Å². The fourth-order valence-corrected chi connectivity index (χ4v) is 7.31. The molecule has 152 valence electrons. The third-order valence-electron chi connectivity index (χ3n) is 5.22. The molecule has 3 fully saturated rings. The smallest absolute Gasteiger partial charge is 0.120 e. The summed E-state index contributed by atoms with van der Waals surface area (Å²) in [6.07, 6.45) is 0. The lowest BCUT2D eigenvalue weighted by Crippen LogP contribution is -2.53. The van der Waals surface area contributed by atoms with Crippen molar-refractivity contribution in [3.05, 3.63) is 35.9 Å². The quantitative estimate of drug-likeness (QED) is 0.693. The second-order valence-corrected chi connectivity index (χ2v) is 12.0. The minimum absolute atomic E-state index is 0.325. The van der Waals surface area contributed by atoms with Gasteiger partial charge in [0.05, 0.1) is 0 Å². The molecule has 4 rings (SSSR count). The number of hydrogen-bond acceptors (Lipinski definition) is 4. The maximum absolute atomic E-state index is 2.83. The van der Waals surface area contributed by atoms with Crippen molar-refractivity contribution in [3.8, 4) is 0 Å². The van der Waals surface area contributed by atoms with Crippen LogP contribution in [0.5, 0.6) is 0 Å². The van der Waals surface area contributed by atoms with Crippen molar-refractivity contribution in [2.75, 3.05) is 52.4 Å². The van der Waals surface area contributed by atoms with Gasteiger partial charge in [0.2, 0.25) is 0 Å². The topological polar surface area (TPSA) is 13.0 Å². The number of benzene rings is 1. The zero-order valence-corrected chi connectivity index (χ0v) is 19.0. The van der Waals surface area contributed by atoms with Crippen molar-refractivity contribution in [2.24, 2.45) is 11.3 Å². The van der Waals surface area contributed by atoms with E-state index in [4.69, 9.17) is 0 Å². The van der Waals surface area contributed by atoms with E-state index >= 15 is 0 Å². The molecule has 0 aliphatic carbocycles. The lowest BCUT2D eigenvalue weighted by Gasteiger charge is -2.52. The number of nitrogens with zero attached hydrogens (tertiary/aromatic N) is 4. The highest BCUT2D eigenvalue weighted by atomic mass is 31.2. The molecule has 2 unspecified atom stereocenters. The van der Waals surface area contributed by atoms with E-state index in [1.54, 1.807) is 0 Å². The molecule has 0 radical (unpaired) electrons. The average molecular weight is 391 g/mol.